The molecule has 4 heteroatoms. The third-order valence-electron chi connectivity index (χ3n) is 4.43. The number of aromatic nitrogens is 2. The van der Waals surface area contributed by atoms with Crippen molar-refractivity contribution >= 4 is 0 Å². The lowest BCUT2D eigenvalue weighted by Gasteiger charge is -2.36. The van der Waals surface area contributed by atoms with Gasteiger partial charge in [0.25, 0.3) is 0 Å². The smallest absolute Gasteiger partial charge is 0.107 e. The number of aliphatic hydroxyl groups is 1. The summed E-state index contributed by atoms with van der Waals surface area (Å²) in [6.07, 6.45) is 5.34. The maximum Gasteiger partial charge on any atom is 0.107 e. The highest BCUT2D eigenvalue weighted by atomic mass is 16.3. The van der Waals surface area contributed by atoms with E-state index in [1.807, 2.05) is 41.1 Å². The maximum atomic E-state index is 11.1. The minimum Gasteiger partial charge on any atom is -0.384 e. The van der Waals surface area contributed by atoms with Crippen molar-refractivity contribution in [3.8, 4) is 5.69 Å². The van der Waals surface area contributed by atoms with Crippen molar-refractivity contribution in [2.45, 2.75) is 44.2 Å². The van der Waals surface area contributed by atoms with Gasteiger partial charge in [0.2, 0.25) is 0 Å². The predicted molar refractivity (Wildman–Crippen MR) is 83.4 cm³/mol. The SMILES string of the molecule is CCNC1CCC(O)(c2ccnn2-c2ccccc2)CC1. The summed E-state index contributed by atoms with van der Waals surface area (Å²) in [5.41, 5.74) is 1.14. The zero-order chi connectivity index (χ0) is 14.7. The molecule has 0 unspecified atom stereocenters. The molecule has 0 aliphatic heterocycles. The predicted octanol–water partition coefficient (Wildman–Crippen LogP) is 2.61. The molecule has 0 radical (unpaired) electrons. The summed E-state index contributed by atoms with van der Waals surface area (Å²) in [6.45, 7) is 3.12. The molecule has 0 spiro atoms. The van der Waals surface area contributed by atoms with Crippen molar-refractivity contribution < 1.29 is 5.11 Å². The number of nitrogens with zero attached hydrogens (tertiary/aromatic N) is 2. The van der Waals surface area contributed by atoms with Crippen LogP contribution >= 0.6 is 0 Å². The average molecular weight is 285 g/mol. The van der Waals surface area contributed by atoms with Gasteiger partial charge in [-0.05, 0) is 50.4 Å². The van der Waals surface area contributed by atoms with Crippen LogP contribution in [0.1, 0.15) is 38.3 Å². The lowest BCUT2D eigenvalue weighted by molar-refractivity contribution is -0.0140. The Hall–Kier alpha value is -1.65. The van der Waals surface area contributed by atoms with Crippen LogP contribution in [0.3, 0.4) is 0 Å². The molecule has 4 nitrogen and oxygen atoms in total. The number of benzene rings is 1. The molecule has 2 N–H and O–H groups in total. The Balaban J connectivity index is 1.83. The Bertz CT molecular complexity index is 571. The summed E-state index contributed by atoms with van der Waals surface area (Å²) >= 11 is 0. The van der Waals surface area contributed by atoms with Crippen LogP contribution < -0.4 is 5.32 Å². The van der Waals surface area contributed by atoms with Crippen LogP contribution in [-0.4, -0.2) is 27.5 Å². The number of para-hydroxylation sites is 1. The Kier molecular flexibility index (Phi) is 4.08. The van der Waals surface area contributed by atoms with Crippen LogP contribution in [0.4, 0.5) is 0 Å². The van der Waals surface area contributed by atoms with E-state index in [1.165, 1.54) is 0 Å². The molecule has 0 atom stereocenters. The lowest BCUT2D eigenvalue weighted by Crippen LogP contribution is -2.40. The monoisotopic (exact) mass is 285 g/mol. The third kappa shape index (κ3) is 2.87. The van der Waals surface area contributed by atoms with E-state index in [9.17, 15) is 5.11 Å². The van der Waals surface area contributed by atoms with Gasteiger partial charge < -0.3 is 10.4 Å². The molecule has 0 bridgehead atoms. The second-order valence-corrected chi connectivity index (χ2v) is 5.83. The van der Waals surface area contributed by atoms with Crippen LogP contribution in [-0.2, 0) is 5.60 Å². The molecule has 1 fully saturated rings. The zero-order valence-electron chi connectivity index (χ0n) is 12.5. The molecule has 0 saturated heterocycles. The van der Waals surface area contributed by atoms with Gasteiger partial charge in [-0.1, -0.05) is 25.1 Å². The Morgan fingerprint density at radius 3 is 2.62 bits per heavy atom. The second-order valence-electron chi connectivity index (χ2n) is 5.83. The molecule has 1 aliphatic carbocycles. The molecule has 21 heavy (non-hydrogen) atoms. The van der Waals surface area contributed by atoms with Crippen LogP contribution in [0.5, 0.6) is 0 Å². The summed E-state index contributed by atoms with van der Waals surface area (Å²) in [6, 6.07) is 12.5. The molecular weight excluding hydrogens is 262 g/mol. The second kappa shape index (κ2) is 6.00. The normalized spacial score (nSPS) is 25.9. The van der Waals surface area contributed by atoms with Crippen LogP contribution in [0.25, 0.3) is 5.69 Å². The summed E-state index contributed by atoms with van der Waals surface area (Å²) in [5.74, 6) is 0. The molecule has 2 aromatic rings. The molecule has 0 amide bonds. The van der Waals surface area contributed by atoms with Crippen LogP contribution in [0.15, 0.2) is 42.6 Å². The van der Waals surface area contributed by atoms with Crippen LogP contribution in [0, 0.1) is 0 Å². The number of hydrogen-bond acceptors (Lipinski definition) is 3. The van der Waals surface area contributed by atoms with Gasteiger partial charge in [0.1, 0.15) is 5.60 Å². The van der Waals surface area contributed by atoms with Gasteiger partial charge in [-0.2, -0.15) is 5.10 Å². The van der Waals surface area contributed by atoms with E-state index in [1.54, 1.807) is 6.20 Å². The zero-order valence-corrected chi connectivity index (χ0v) is 12.5. The lowest BCUT2D eigenvalue weighted by atomic mass is 9.80. The summed E-state index contributed by atoms with van der Waals surface area (Å²) < 4.78 is 1.87. The Labute approximate surface area is 125 Å². The van der Waals surface area contributed by atoms with E-state index in [-0.39, 0.29) is 0 Å². The minimum absolute atomic E-state index is 0.531. The first-order valence-corrected chi connectivity index (χ1v) is 7.78. The molecule has 3 rings (SSSR count). The van der Waals surface area contributed by atoms with E-state index >= 15 is 0 Å². The van der Waals surface area contributed by atoms with Crippen molar-refractivity contribution in [3.05, 3.63) is 48.3 Å². The molecule has 112 valence electrons. The quantitative estimate of drug-likeness (QED) is 0.908. The van der Waals surface area contributed by atoms with Gasteiger partial charge >= 0.3 is 0 Å². The molecular formula is C17H23N3O. The van der Waals surface area contributed by atoms with Crippen molar-refractivity contribution in [2.24, 2.45) is 0 Å². The molecule has 1 aromatic heterocycles. The van der Waals surface area contributed by atoms with Gasteiger partial charge in [0.15, 0.2) is 0 Å². The highest BCUT2D eigenvalue weighted by molar-refractivity contribution is 5.34. The van der Waals surface area contributed by atoms with Crippen molar-refractivity contribution in [3.63, 3.8) is 0 Å². The summed E-state index contributed by atoms with van der Waals surface area (Å²) in [7, 11) is 0. The van der Waals surface area contributed by atoms with Gasteiger partial charge in [-0.25, -0.2) is 4.68 Å². The molecule has 1 aromatic carbocycles. The number of rotatable bonds is 4. The van der Waals surface area contributed by atoms with E-state index in [0.29, 0.717) is 6.04 Å². The van der Waals surface area contributed by atoms with Gasteiger partial charge in [0, 0.05) is 12.2 Å². The largest absolute Gasteiger partial charge is 0.384 e. The van der Waals surface area contributed by atoms with Gasteiger partial charge in [-0.3, -0.25) is 0 Å². The fraction of sp³-hybridized carbons (Fsp3) is 0.471. The molecule has 1 saturated carbocycles. The maximum absolute atomic E-state index is 11.1. The van der Waals surface area contributed by atoms with E-state index < -0.39 is 5.60 Å². The van der Waals surface area contributed by atoms with Gasteiger partial charge in [-0.15, -0.1) is 0 Å². The Morgan fingerprint density at radius 1 is 1.24 bits per heavy atom. The van der Waals surface area contributed by atoms with Crippen molar-refractivity contribution in [1.29, 1.82) is 0 Å². The minimum atomic E-state index is -0.766. The van der Waals surface area contributed by atoms with Crippen molar-refractivity contribution in [2.75, 3.05) is 6.54 Å². The standard InChI is InChI=1S/C17H23N3O/c1-2-18-14-8-11-17(21,12-9-14)16-10-13-19-20(16)15-6-4-3-5-7-15/h3-7,10,13-14,18,21H,2,8-9,11-12H2,1H3. The topological polar surface area (TPSA) is 50.1 Å². The van der Waals surface area contributed by atoms with Gasteiger partial charge in [0.05, 0.1) is 11.4 Å². The first kappa shape index (κ1) is 14.3. The Morgan fingerprint density at radius 2 is 1.95 bits per heavy atom. The van der Waals surface area contributed by atoms with E-state index in [2.05, 4.69) is 17.3 Å². The van der Waals surface area contributed by atoms with E-state index in [0.717, 1.165) is 43.6 Å². The summed E-state index contributed by atoms with van der Waals surface area (Å²) in [5, 5.41) is 19.0. The molecule has 1 heterocycles. The molecule has 1 aliphatic rings. The fourth-order valence-corrected chi connectivity index (χ4v) is 3.27. The highest BCUT2D eigenvalue weighted by Crippen LogP contribution is 2.37. The highest BCUT2D eigenvalue weighted by Gasteiger charge is 2.37. The average Bonchev–Trinajstić information content (AvgIpc) is 3.01. The van der Waals surface area contributed by atoms with Crippen molar-refractivity contribution in [1.82, 2.24) is 15.1 Å². The first-order valence-electron chi connectivity index (χ1n) is 7.78. The van der Waals surface area contributed by atoms with Crippen LogP contribution in [0.2, 0.25) is 0 Å². The first-order chi connectivity index (χ1) is 10.2. The number of nitrogens with one attached hydrogen (secondary N) is 1. The fourth-order valence-electron chi connectivity index (χ4n) is 3.27. The summed E-state index contributed by atoms with van der Waals surface area (Å²) in [4.78, 5) is 0. The third-order valence-corrected chi connectivity index (χ3v) is 4.43. The van der Waals surface area contributed by atoms with E-state index in [4.69, 9.17) is 0 Å². The number of hydrogen-bond donors (Lipinski definition) is 2.